The zero-order valence-electron chi connectivity index (χ0n) is 9.52. The standard InChI is InChI=1S/C9H12N4O3S2/c10-12-11-7-8-9(1-6-17-8)18(14,15)13-2-4-16-5-3-13/h1,6H,2-5,7H2. The molecule has 0 amide bonds. The van der Waals surface area contributed by atoms with Crippen molar-refractivity contribution >= 4 is 21.4 Å². The summed E-state index contributed by atoms with van der Waals surface area (Å²) in [5.74, 6) is 0. The Morgan fingerprint density at radius 3 is 2.89 bits per heavy atom. The Morgan fingerprint density at radius 2 is 2.22 bits per heavy atom. The van der Waals surface area contributed by atoms with Gasteiger partial charge >= 0.3 is 0 Å². The van der Waals surface area contributed by atoms with E-state index in [0.29, 0.717) is 31.2 Å². The topological polar surface area (TPSA) is 95.4 Å². The maximum Gasteiger partial charge on any atom is 0.244 e. The molecule has 0 radical (unpaired) electrons. The summed E-state index contributed by atoms with van der Waals surface area (Å²) in [6.45, 7) is 1.61. The molecule has 1 aliphatic rings. The highest BCUT2D eigenvalue weighted by Gasteiger charge is 2.28. The number of hydrogen-bond donors (Lipinski definition) is 0. The Balaban J connectivity index is 2.28. The SMILES string of the molecule is [N-]=[N+]=NCc1sccc1S(=O)(=O)N1CCOCC1. The third kappa shape index (κ3) is 2.65. The summed E-state index contributed by atoms with van der Waals surface area (Å²) in [5, 5.41) is 5.11. The van der Waals surface area contributed by atoms with Gasteiger partial charge < -0.3 is 4.74 Å². The van der Waals surface area contributed by atoms with Crippen LogP contribution >= 0.6 is 11.3 Å². The van der Waals surface area contributed by atoms with E-state index >= 15 is 0 Å². The molecule has 7 nitrogen and oxygen atoms in total. The van der Waals surface area contributed by atoms with Gasteiger partial charge in [-0.2, -0.15) is 4.31 Å². The third-order valence-electron chi connectivity index (χ3n) is 2.57. The van der Waals surface area contributed by atoms with Gasteiger partial charge in [-0.05, 0) is 17.0 Å². The van der Waals surface area contributed by atoms with Crippen LogP contribution in [0.15, 0.2) is 21.5 Å². The predicted octanol–water partition coefficient (Wildman–Crippen LogP) is 1.58. The lowest BCUT2D eigenvalue weighted by atomic mass is 10.5. The van der Waals surface area contributed by atoms with Crippen molar-refractivity contribution in [2.45, 2.75) is 11.4 Å². The Bertz CT molecular complexity index is 556. The van der Waals surface area contributed by atoms with Gasteiger partial charge in [0.2, 0.25) is 10.0 Å². The van der Waals surface area contributed by atoms with Crippen molar-refractivity contribution in [3.05, 3.63) is 26.8 Å². The van der Waals surface area contributed by atoms with Crippen LogP contribution in [-0.2, 0) is 21.3 Å². The number of sulfonamides is 1. The van der Waals surface area contributed by atoms with Crippen LogP contribution in [0.1, 0.15) is 4.88 Å². The highest BCUT2D eigenvalue weighted by atomic mass is 32.2. The molecule has 0 bridgehead atoms. The summed E-state index contributed by atoms with van der Waals surface area (Å²) < 4.78 is 31.3. The molecule has 0 spiro atoms. The van der Waals surface area contributed by atoms with Crippen LogP contribution in [0.25, 0.3) is 10.4 Å². The zero-order chi connectivity index (χ0) is 13.0. The van der Waals surface area contributed by atoms with Crippen molar-refractivity contribution < 1.29 is 13.2 Å². The molecule has 1 aliphatic heterocycles. The minimum absolute atomic E-state index is 0.0626. The third-order valence-corrected chi connectivity index (χ3v) is 5.59. The molecule has 1 aromatic heterocycles. The Labute approximate surface area is 109 Å². The molecule has 0 atom stereocenters. The quantitative estimate of drug-likeness (QED) is 0.478. The van der Waals surface area contributed by atoms with E-state index < -0.39 is 10.0 Å². The van der Waals surface area contributed by atoms with Crippen molar-refractivity contribution in [2.75, 3.05) is 26.3 Å². The molecular formula is C9H12N4O3S2. The van der Waals surface area contributed by atoms with E-state index in [2.05, 4.69) is 10.0 Å². The normalized spacial score (nSPS) is 17.3. The van der Waals surface area contributed by atoms with Crippen molar-refractivity contribution in [3.63, 3.8) is 0 Å². The van der Waals surface area contributed by atoms with Gasteiger partial charge in [0.15, 0.2) is 0 Å². The van der Waals surface area contributed by atoms with Crippen molar-refractivity contribution in [1.29, 1.82) is 0 Å². The van der Waals surface area contributed by atoms with Gasteiger partial charge in [0.05, 0.1) is 24.7 Å². The van der Waals surface area contributed by atoms with E-state index in [0.717, 1.165) is 0 Å². The first-order valence-corrected chi connectivity index (χ1v) is 7.63. The second-order valence-corrected chi connectivity index (χ2v) is 6.52. The van der Waals surface area contributed by atoms with Crippen molar-refractivity contribution in [3.8, 4) is 0 Å². The van der Waals surface area contributed by atoms with Crippen LogP contribution in [-0.4, -0.2) is 39.0 Å². The maximum atomic E-state index is 12.4. The molecule has 1 aromatic rings. The molecule has 2 rings (SSSR count). The summed E-state index contributed by atoms with van der Waals surface area (Å²) in [4.78, 5) is 3.46. The highest BCUT2D eigenvalue weighted by Crippen LogP contribution is 2.26. The average molecular weight is 288 g/mol. The largest absolute Gasteiger partial charge is 0.379 e. The van der Waals surface area contributed by atoms with Gasteiger partial charge in [0, 0.05) is 22.9 Å². The number of hydrogen-bond acceptors (Lipinski definition) is 5. The first-order valence-electron chi connectivity index (χ1n) is 5.31. The molecule has 2 heterocycles. The van der Waals surface area contributed by atoms with E-state index in [4.69, 9.17) is 10.3 Å². The minimum Gasteiger partial charge on any atom is -0.379 e. The van der Waals surface area contributed by atoms with E-state index in [1.54, 1.807) is 11.4 Å². The molecule has 1 fully saturated rings. The van der Waals surface area contributed by atoms with E-state index in [1.807, 2.05) is 0 Å². The molecule has 1 saturated heterocycles. The highest BCUT2D eigenvalue weighted by molar-refractivity contribution is 7.89. The van der Waals surface area contributed by atoms with Crippen LogP contribution in [0.3, 0.4) is 0 Å². The van der Waals surface area contributed by atoms with E-state index in [9.17, 15) is 8.42 Å². The zero-order valence-corrected chi connectivity index (χ0v) is 11.2. The van der Waals surface area contributed by atoms with Crippen molar-refractivity contribution in [2.24, 2.45) is 5.11 Å². The minimum atomic E-state index is -3.50. The lowest BCUT2D eigenvalue weighted by Crippen LogP contribution is -2.40. The number of thiophene rings is 1. The Morgan fingerprint density at radius 1 is 1.50 bits per heavy atom. The van der Waals surface area contributed by atoms with Crippen LogP contribution in [0.4, 0.5) is 0 Å². The van der Waals surface area contributed by atoms with E-state index in [1.165, 1.54) is 15.6 Å². The molecule has 9 heteroatoms. The molecule has 0 aromatic carbocycles. The first kappa shape index (κ1) is 13.3. The molecule has 0 saturated carbocycles. The fourth-order valence-electron chi connectivity index (χ4n) is 1.70. The van der Waals surface area contributed by atoms with Gasteiger partial charge in [-0.25, -0.2) is 8.42 Å². The predicted molar refractivity (Wildman–Crippen MR) is 66.7 cm³/mol. The molecule has 18 heavy (non-hydrogen) atoms. The molecule has 0 aliphatic carbocycles. The first-order chi connectivity index (χ1) is 8.66. The summed E-state index contributed by atoms with van der Waals surface area (Å²) in [6, 6.07) is 1.55. The number of azide groups is 1. The van der Waals surface area contributed by atoms with Crippen LogP contribution < -0.4 is 0 Å². The second kappa shape index (κ2) is 5.68. The Hall–Kier alpha value is -1.12. The average Bonchev–Trinajstić information content (AvgIpc) is 2.86. The monoisotopic (exact) mass is 288 g/mol. The molecule has 98 valence electrons. The summed E-state index contributed by atoms with van der Waals surface area (Å²) >= 11 is 1.28. The van der Waals surface area contributed by atoms with Gasteiger partial charge in [0.1, 0.15) is 0 Å². The number of ether oxygens (including phenoxy) is 1. The summed E-state index contributed by atoms with van der Waals surface area (Å²) in [7, 11) is -3.50. The number of rotatable bonds is 4. The van der Waals surface area contributed by atoms with Gasteiger partial charge in [-0.3, -0.25) is 0 Å². The lowest BCUT2D eigenvalue weighted by Gasteiger charge is -2.26. The van der Waals surface area contributed by atoms with Crippen LogP contribution in [0, 0.1) is 0 Å². The fraction of sp³-hybridized carbons (Fsp3) is 0.556. The van der Waals surface area contributed by atoms with E-state index in [-0.39, 0.29) is 11.4 Å². The summed E-state index contributed by atoms with van der Waals surface area (Å²) in [5.41, 5.74) is 8.29. The van der Waals surface area contributed by atoms with Gasteiger partial charge in [-0.15, -0.1) is 11.3 Å². The fourth-order valence-corrected chi connectivity index (χ4v) is 4.43. The van der Waals surface area contributed by atoms with Crippen LogP contribution in [0.2, 0.25) is 0 Å². The van der Waals surface area contributed by atoms with Crippen molar-refractivity contribution in [1.82, 2.24) is 4.31 Å². The second-order valence-electron chi connectivity index (χ2n) is 3.61. The van der Waals surface area contributed by atoms with Gasteiger partial charge in [-0.1, -0.05) is 5.11 Å². The molecular weight excluding hydrogens is 276 g/mol. The number of nitrogens with zero attached hydrogens (tertiary/aromatic N) is 4. The smallest absolute Gasteiger partial charge is 0.244 e. The Kier molecular flexibility index (Phi) is 4.20. The van der Waals surface area contributed by atoms with Crippen LogP contribution in [0.5, 0.6) is 0 Å². The number of morpholine rings is 1. The lowest BCUT2D eigenvalue weighted by molar-refractivity contribution is 0.0730. The maximum absolute atomic E-state index is 12.4. The molecule has 0 N–H and O–H groups in total. The molecule has 0 unspecified atom stereocenters. The van der Waals surface area contributed by atoms with Gasteiger partial charge in [0.25, 0.3) is 0 Å². The summed E-state index contributed by atoms with van der Waals surface area (Å²) in [6.07, 6.45) is 0.